The maximum atomic E-state index is 6.13. The summed E-state index contributed by atoms with van der Waals surface area (Å²) in [6.07, 6.45) is 4.97. The van der Waals surface area contributed by atoms with Crippen molar-refractivity contribution in [1.29, 1.82) is 0 Å². The van der Waals surface area contributed by atoms with Crippen molar-refractivity contribution in [3.63, 3.8) is 0 Å². The molecule has 2 nitrogen and oxygen atoms in total. The van der Waals surface area contributed by atoms with E-state index in [0.717, 1.165) is 25.5 Å². The number of benzene rings is 1. The van der Waals surface area contributed by atoms with Crippen LogP contribution in [0.4, 0.5) is 0 Å². The van der Waals surface area contributed by atoms with E-state index in [1.165, 1.54) is 37.9 Å². The van der Waals surface area contributed by atoms with Gasteiger partial charge in [-0.25, -0.2) is 0 Å². The van der Waals surface area contributed by atoms with Crippen LogP contribution >= 0.6 is 0 Å². The molecule has 2 aliphatic heterocycles. The van der Waals surface area contributed by atoms with Gasteiger partial charge >= 0.3 is 0 Å². The van der Waals surface area contributed by atoms with Crippen molar-refractivity contribution in [3.8, 4) is 0 Å². The molecule has 0 radical (unpaired) electrons. The zero-order chi connectivity index (χ0) is 13.1. The molecule has 19 heavy (non-hydrogen) atoms. The van der Waals surface area contributed by atoms with E-state index in [2.05, 4.69) is 42.2 Å². The highest BCUT2D eigenvalue weighted by molar-refractivity contribution is 5.15. The van der Waals surface area contributed by atoms with Crippen molar-refractivity contribution >= 4 is 0 Å². The predicted octanol–water partition coefficient (Wildman–Crippen LogP) is 3.12. The van der Waals surface area contributed by atoms with Gasteiger partial charge in [0, 0.05) is 13.1 Å². The summed E-state index contributed by atoms with van der Waals surface area (Å²) >= 11 is 0. The molecule has 2 saturated heterocycles. The highest BCUT2D eigenvalue weighted by Crippen LogP contribution is 2.37. The fourth-order valence-corrected chi connectivity index (χ4v) is 3.67. The molecule has 2 aliphatic rings. The largest absolute Gasteiger partial charge is 0.373 e. The van der Waals surface area contributed by atoms with Crippen LogP contribution in [0.5, 0.6) is 0 Å². The molecule has 1 aromatic carbocycles. The maximum absolute atomic E-state index is 6.13. The van der Waals surface area contributed by atoms with Crippen LogP contribution in [-0.4, -0.2) is 36.7 Å². The number of rotatable bonds is 3. The van der Waals surface area contributed by atoms with Gasteiger partial charge in [0.2, 0.25) is 0 Å². The van der Waals surface area contributed by atoms with E-state index in [1.54, 1.807) is 0 Å². The highest BCUT2D eigenvalue weighted by atomic mass is 16.5. The van der Waals surface area contributed by atoms with Gasteiger partial charge in [0.25, 0.3) is 0 Å². The van der Waals surface area contributed by atoms with Gasteiger partial charge in [0.05, 0.1) is 12.2 Å². The Hall–Kier alpha value is -0.860. The maximum Gasteiger partial charge on any atom is 0.0812 e. The van der Waals surface area contributed by atoms with Crippen LogP contribution in [0.15, 0.2) is 30.3 Å². The smallest absolute Gasteiger partial charge is 0.0812 e. The second-order valence-electron chi connectivity index (χ2n) is 6.42. The zero-order valence-electron chi connectivity index (χ0n) is 12.0. The minimum atomic E-state index is 0.189. The number of hydrogen-bond acceptors (Lipinski definition) is 2. The van der Waals surface area contributed by atoms with Crippen LogP contribution in [0.3, 0.4) is 0 Å². The fourth-order valence-electron chi connectivity index (χ4n) is 3.67. The van der Waals surface area contributed by atoms with Crippen LogP contribution in [0, 0.1) is 5.92 Å². The van der Waals surface area contributed by atoms with E-state index < -0.39 is 0 Å². The average Bonchev–Trinajstić information content (AvgIpc) is 2.78. The zero-order valence-corrected chi connectivity index (χ0v) is 12.0. The summed E-state index contributed by atoms with van der Waals surface area (Å²) in [4.78, 5) is 2.61. The van der Waals surface area contributed by atoms with Gasteiger partial charge in [0.15, 0.2) is 0 Å². The summed E-state index contributed by atoms with van der Waals surface area (Å²) in [6, 6.07) is 10.8. The molecule has 0 N–H and O–H groups in total. The number of piperidine rings is 1. The molecule has 3 rings (SSSR count). The van der Waals surface area contributed by atoms with Gasteiger partial charge < -0.3 is 9.64 Å². The Kier molecular flexibility index (Phi) is 3.90. The van der Waals surface area contributed by atoms with Gasteiger partial charge in [-0.15, -0.1) is 0 Å². The normalized spacial score (nSPS) is 31.9. The molecule has 1 spiro atoms. The fraction of sp³-hybridized carbons (Fsp3) is 0.647. The van der Waals surface area contributed by atoms with Gasteiger partial charge in [0.1, 0.15) is 0 Å². The monoisotopic (exact) mass is 259 g/mol. The summed E-state index contributed by atoms with van der Waals surface area (Å²) in [7, 11) is 0. The second-order valence-corrected chi connectivity index (χ2v) is 6.42. The number of nitrogens with zero attached hydrogens (tertiary/aromatic N) is 1. The molecule has 2 heterocycles. The summed E-state index contributed by atoms with van der Waals surface area (Å²) in [5, 5.41) is 0. The predicted molar refractivity (Wildman–Crippen MR) is 78.3 cm³/mol. The lowest BCUT2D eigenvalue weighted by atomic mass is 9.87. The Morgan fingerprint density at radius 2 is 2.16 bits per heavy atom. The molecule has 0 saturated carbocycles. The standard InChI is InChI=1S/C17H25NO/c1-15-12-17(19-13-15)9-5-10-18(14-17)11-8-16-6-3-2-4-7-16/h2-4,6-7,15H,5,8-14H2,1H3/t15-,17+/m1/s1. The van der Waals surface area contributed by atoms with Crippen LogP contribution in [0.2, 0.25) is 0 Å². The van der Waals surface area contributed by atoms with E-state index in [1.807, 2.05) is 0 Å². The third kappa shape index (κ3) is 3.18. The van der Waals surface area contributed by atoms with Crippen LogP contribution in [0.25, 0.3) is 0 Å². The van der Waals surface area contributed by atoms with Crippen molar-refractivity contribution in [1.82, 2.24) is 4.90 Å². The molecule has 1 aromatic rings. The summed E-state index contributed by atoms with van der Waals surface area (Å²) in [6.45, 7) is 6.84. The first-order valence-electron chi connectivity index (χ1n) is 7.66. The molecule has 104 valence electrons. The molecule has 2 heteroatoms. The Balaban J connectivity index is 1.54. The second kappa shape index (κ2) is 5.64. The summed E-state index contributed by atoms with van der Waals surface area (Å²) < 4.78 is 6.13. The average molecular weight is 259 g/mol. The van der Waals surface area contributed by atoms with Crippen LogP contribution in [0.1, 0.15) is 31.7 Å². The Morgan fingerprint density at radius 1 is 1.32 bits per heavy atom. The first-order valence-corrected chi connectivity index (χ1v) is 7.66. The van der Waals surface area contributed by atoms with E-state index in [-0.39, 0.29) is 5.60 Å². The summed E-state index contributed by atoms with van der Waals surface area (Å²) in [5.41, 5.74) is 1.64. The SMILES string of the molecule is C[C@H]1CO[C@@]2(CCCN(CCc3ccccc3)C2)C1. The first-order chi connectivity index (χ1) is 9.26. The topological polar surface area (TPSA) is 12.5 Å². The van der Waals surface area contributed by atoms with E-state index in [0.29, 0.717) is 0 Å². The lowest BCUT2D eigenvalue weighted by Crippen LogP contribution is -2.48. The van der Waals surface area contributed by atoms with Gasteiger partial charge in [-0.1, -0.05) is 37.3 Å². The lowest BCUT2D eigenvalue weighted by molar-refractivity contribution is -0.0511. The molecule has 2 fully saturated rings. The first kappa shape index (κ1) is 13.1. The molecule has 0 unspecified atom stereocenters. The van der Waals surface area contributed by atoms with Crippen LogP contribution in [-0.2, 0) is 11.2 Å². The van der Waals surface area contributed by atoms with Gasteiger partial charge in [-0.3, -0.25) is 0 Å². The molecular formula is C17H25NO. The third-order valence-corrected chi connectivity index (χ3v) is 4.57. The highest BCUT2D eigenvalue weighted by Gasteiger charge is 2.41. The van der Waals surface area contributed by atoms with Crippen molar-refractivity contribution in [2.24, 2.45) is 5.92 Å². The van der Waals surface area contributed by atoms with Crippen molar-refractivity contribution < 1.29 is 4.74 Å². The van der Waals surface area contributed by atoms with Crippen LogP contribution < -0.4 is 0 Å². The van der Waals surface area contributed by atoms with E-state index in [4.69, 9.17) is 4.74 Å². The Morgan fingerprint density at radius 3 is 2.89 bits per heavy atom. The van der Waals surface area contributed by atoms with Crippen molar-refractivity contribution in [3.05, 3.63) is 35.9 Å². The Labute approximate surface area is 116 Å². The van der Waals surface area contributed by atoms with Gasteiger partial charge in [-0.2, -0.15) is 0 Å². The minimum absolute atomic E-state index is 0.189. The molecular weight excluding hydrogens is 234 g/mol. The quantitative estimate of drug-likeness (QED) is 0.827. The number of ether oxygens (including phenoxy) is 1. The molecule has 2 atom stereocenters. The third-order valence-electron chi connectivity index (χ3n) is 4.57. The summed E-state index contributed by atoms with van der Waals surface area (Å²) in [5.74, 6) is 0.745. The van der Waals surface area contributed by atoms with E-state index >= 15 is 0 Å². The number of hydrogen-bond donors (Lipinski definition) is 0. The lowest BCUT2D eigenvalue weighted by Gasteiger charge is -2.39. The Bertz CT molecular complexity index is 401. The van der Waals surface area contributed by atoms with Crippen molar-refractivity contribution in [2.75, 3.05) is 26.2 Å². The molecule has 0 bridgehead atoms. The molecule has 0 aromatic heterocycles. The minimum Gasteiger partial charge on any atom is -0.373 e. The molecule has 0 amide bonds. The number of likely N-dealkylation sites (tertiary alicyclic amines) is 1. The van der Waals surface area contributed by atoms with Gasteiger partial charge in [-0.05, 0) is 43.7 Å². The van der Waals surface area contributed by atoms with Crippen molar-refractivity contribution in [2.45, 2.75) is 38.2 Å². The van der Waals surface area contributed by atoms with E-state index in [9.17, 15) is 0 Å². The molecule has 0 aliphatic carbocycles.